The second-order valence-electron chi connectivity index (χ2n) is 7.01. The number of anilines is 1. The summed E-state index contributed by atoms with van der Waals surface area (Å²) in [6.45, 7) is 1.87. The fourth-order valence-electron chi connectivity index (χ4n) is 3.01. The molecule has 0 saturated carbocycles. The summed E-state index contributed by atoms with van der Waals surface area (Å²) in [7, 11) is -2.45. The van der Waals surface area contributed by atoms with Crippen LogP contribution >= 0.6 is 11.6 Å². The lowest BCUT2D eigenvalue weighted by atomic mass is 10.1. The molecule has 0 spiro atoms. The van der Waals surface area contributed by atoms with Crippen LogP contribution in [-0.4, -0.2) is 27.5 Å². The van der Waals surface area contributed by atoms with Crippen molar-refractivity contribution in [2.75, 3.05) is 12.4 Å². The summed E-state index contributed by atoms with van der Waals surface area (Å²) in [5.74, 6) is -0.113. The van der Waals surface area contributed by atoms with E-state index in [0.717, 1.165) is 11.1 Å². The summed E-state index contributed by atoms with van der Waals surface area (Å²) in [6, 6.07) is 19.4. The average Bonchev–Trinajstić information content (AvgIpc) is 2.74. The summed E-state index contributed by atoms with van der Waals surface area (Å²) < 4.78 is 33.7. The highest BCUT2D eigenvalue weighted by Gasteiger charge is 2.27. The van der Waals surface area contributed by atoms with Gasteiger partial charge in [-0.3, -0.25) is 4.79 Å². The minimum absolute atomic E-state index is 0.0873. The van der Waals surface area contributed by atoms with E-state index in [1.807, 2.05) is 37.3 Å². The quantitative estimate of drug-likeness (QED) is 0.530. The molecule has 0 aliphatic heterocycles. The van der Waals surface area contributed by atoms with E-state index in [0.29, 0.717) is 16.5 Å². The van der Waals surface area contributed by atoms with E-state index >= 15 is 0 Å². The van der Waals surface area contributed by atoms with Crippen molar-refractivity contribution in [3.05, 3.63) is 88.9 Å². The molecule has 2 N–H and O–H groups in total. The van der Waals surface area contributed by atoms with Crippen molar-refractivity contribution in [1.82, 2.24) is 4.72 Å². The maximum Gasteiger partial charge on any atom is 0.243 e. The predicted octanol–water partition coefficient (Wildman–Crippen LogP) is 4.19. The van der Waals surface area contributed by atoms with Gasteiger partial charge in [-0.25, -0.2) is 8.42 Å². The lowest BCUT2D eigenvalue weighted by molar-refractivity contribution is -0.117. The fraction of sp³-hybridized carbons (Fsp3) is 0.174. The molecule has 0 bridgehead atoms. The first-order chi connectivity index (χ1) is 14.8. The number of aryl methyl sites for hydroxylation is 1. The largest absolute Gasteiger partial charge is 0.495 e. The number of methoxy groups -OCH3 is 1. The van der Waals surface area contributed by atoms with Crippen molar-refractivity contribution in [2.45, 2.75) is 24.3 Å². The van der Waals surface area contributed by atoms with Gasteiger partial charge in [0.25, 0.3) is 0 Å². The SMILES string of the molecule is COc1ccc(Cl)cc1NC(=O)[C@H](Cc1ccccc1)NS(=O)(=O)c1ccc(C)cc1. The first-order valence-corrected chi connectivity index (χ1v) is 11.4. The second-order valence-corrected chi connectivity index (χ2v) is 9.16. The summed E-state index contributed by atoms with van der Waals surface area (Å²) in [6.07, 6.45) is 0.167. The maximum absolute atomic E-state index is 13.1. The van der Waals surface area contributed by atoms with Crippen molar-refractivity contribution < 1.29 is 17.9 Å². The van der Waals surface area contributed by atoms with Crippen LogP contribution in [0.2, 0.25) is 5.02 Å². The zero-order valence-corrected chi connectivity index (χ0v) is 18.7. The van der Waals surface area contributed by atoms with E-state index in [-0.39, 0.29) is 11.3 Å². The molecule has 3 aromatic carbocycles. The number of amides is 1. The molecule has 1 amide bonds. The van der Waals surface area contributed by atoms with Crippen LogP contribution in [0.25, 0.3) is 0 Å². The highest BCUT2D eigenvalue weighted by Crippen LogP contribution is 2.28. The first kappa shape index (κ1) is 22.8. The van der Waals surface area contributed by atoms with Crippen molar-refractivity contribution in [2.24, 2.45) is 0 Å². The van der Waals surface area contributed by atoms with Gasteiger partial charge in [-0.2, -0.15) is 4.72 Å². The molecule has 6 nitrogen and oxygen atoms in total. The van der Waals surface area contributed by atoms with Gasteiger partial charge in [0.1, 0.15) is 11.8 Å². The Morgan fingerprint density at radius 1 is 1.03 bits per heavy atom. The molecule has 1 atom stereocenters. The number of carbonyl (C=O) groups is 1. The monoisotopic (exact) mass is 458 g/mol. The Kier molecular flexibility index (Phi) is 7.33. The second kappa shape index (κ2) is 9.96. The zero-order chi connectivity index (χ0) is 22.4. The number of nitrogens with one attached hydrogen (secondary N) is 2. The highest BCUT2D eigenvalue weighted by molar-refractivity contribution is 7.89. The van der Waals surface area contributed by atoms with Gasteiger partial charge in [-0.15, -0.1) is 0 Å². The van der Waals surface area contributed by atoms with Gasteiger partial charge in [-0.05, 0) is 49.2 Å². The third kappa shape index (κ3) is 6.07. The molecule has 0 aromatic heterocycles. The van der Waals surface area contributed by atoms with E-state index < -0.39 is 22.0 Å². The van der Waals surface area contributed by atoms with Crippen LogP contribution < -0.4 is 14.8 Å². The van der Waals surface area contributed by atoms with Crippen molar-refractivity contribution in [3.63, 3.8) is 0 Å². The molecule has 0 fully saturated rings. The molecule has 0 saturated heterocycles. The Balaban J connectivity index is 1.90. The smallest absolute Gasteiger partial charge is 0.243 e. The van der Waals surface area contributed by atoms with Gasteiger partial charge >= 0.3 is 0 Å². The number of hydrogen-bond acceptors (Lipinski definition) is 4. The minimum atomic E-state index is -3.93. The molecule has 31 heavy (non-hydrogen) atoms. The Labute approximate surface area is 187 Å². The third-order valence-electron chi connectivity index (χ3n) is 4.65. The van der Waals surface area contributed by atoms with E-state index in [1.54, 1.807) is 30.3 Å². The molecule has 8 heteroatoms. The van der Waals surface area contributed by atoms with E-state index in [2.05, 4.69) is 10.0 Å². The van der Waals surface area contributed by atoms with Crippen molar-refractivity contribution in [3.8, 4) is 5.75 Å². The highest BCUT2D eigenvalue weighted by atomic mass is 35.5. The van der Waals surface area contributed by atoms with Gasteiger partial charge < -0.3 is 10.1 Å². The van der Waals surface area contributed by atoms with Crippen LogP contribution in [0.1, 0.15) is 11.1 Å². The number of rotatable bonds is 8. The number of hydrogen-bond donors (Lipinski definition) is 2. The van der Waals surface area contributed by atoms with Crippen molar-refractivity contribution >= 4 is 33.2 Å². The maximum atomic E-state index is 13.1. The topological polar surface area (TPSA) is 84.5 Å². The molecule has 162 valence electrons. The normalized spacial score (nSPS) is 12.2. The molecule has 0 radical (unpaired) electrons. The Hall–Kier alpha value is -2.87. The van der Waals surface area contributed by atoms with E-state index in [4.69, 9.17) is 16.3 Å². The first-order valence-electron chi connectivity index (χ1n) is 9.56. The van der Waals surface area contributed by atoms with Gasteiger partial charge in [0.15, 0.2) is 0 Å². The number of ether oxygens (including phenoxy) is 1. The molecule has 0 aliphatic rings. The van der Waals surface area contributed by atoms with Crippen LogP contribution in [0.5, 0.6) is 5.75 Å². The number of sulfonamides is 1. The lowest BCUT2D eigenvalue weighted by Gasteiger charge is -2.20. The molecule has 3 aromatic rings. The van der Waals surface area contributed by atoms with Gasteiger partial charge in [0, 0.05) is 5.02 Å². The third-order valence-corrected chi connectivity index (χ3v) is 6.37. The van der Waals surface area contributed by atoms with E-state index in [9.17, 15) is 13.2 Å². The average molecular weight is 459 g/mol. The molecule has 0 aliphatic carbocycles. The van der Waals surface area contributed by atoms with Crippen LogP contribution in [0, 0.1) is 6.92 Å². The summed E-state index contributed by atoms with van der Waals surface area (Å²) >= 11 is 6.05. The molecular formula is C23H23ClN2O4S. The molecule has 3 rings (SSSR count). The van der Waals surface area contributed by atoms with Crippen LogP contribution in [-0.2, 0) is 21.2 Å². The summed E-state index contributed by atoms with van der Waals surface area (Å²) in [5, 5.41) is 3.14. The van der Waals surface area contributed by atoms with Crippen LogP contribution in [0.3, 0.4) is 0 Å². The Bertz CT molecular complexity index is 1150. The van der Waals surface area contributed by atoms with Crippen LogP contribution in [0.15, 0.2) is 77.7 Å². The Morgan fingerprint density at radius 2 is 1.71 bits per heavy atom. The molecule has 0 unspecified atom stereocenters. The number of carbonyl (C=O) groups excluding carboxylic acids is 1. The standard InChI is InChI=1S/C23H23ClN2O4S/c1-16-8-11-19(12-9-16)31(28,29)26-21(14-17-6-4-3-5-7-17)23(27)25-20-15-18(24)10-13-22(20)30-2/h3-13,15,21,26H,14H2,1-2H3,(H,25,27)/t21-/m0/s1. The Morgan fingerprint density at radius 3 is 2.35 bits per heavy atom. The summed E-state index contributed by atoms with van der Waals surface area (Å²) in [5.41, 5.74) is 2.10. The van der Waals surface area contributed by atoms with Crippen molar-refractivity contribution in [1.29, 1.82) is 0 Å². The zero-order valence-electron chi connectivity index (χ0n) is 17.1. The van der Waals surface area contributed by atoms with Gasteiger partial charge in [-0.1, -0.05) is 59.6 Å². The van der Waals surface area contributed by atoms with Gasteiger partial charge in [0.05, 0.1) is 17.7 Å². The molecule has 0 heterocycles. The minimum Gasteiger partial charge on any atom is -0.495 e. The molecular weight excluding hydrogens is 436 g/mol. The lowest BCUT2D eigenvalue weighted by Crippen LogP contribution is -2.45. The van der Waals surface area contributed by atoms with E-state index in [1.165, 1.54) is 19.2 Å². The fourth-order valence-corrected chi connectivity index (χ4v) is 4.38. The number of halogens is 1. The van der Waals surface area contributed by atoms with Crippen LogP contribution in [0.4, 0.5) is 5.69 Å². The predicted molar refractivity (Wildman–Crippen MR) is 122 cm³/mol. The number of benzene rings is 3. The van der Waals surface area contributed by atoms with Gasteiger partial charge in [0.2, 0.25) is 15.9 Å². The summed E-state index contributed by atoms with van der Waals surface area (Å²) in [4.78, 5) is 13.2.